The van der Waals surface area contributed by atoms with Gasteiger partial charge in [0, 0.05) is 30.6 Å². The number of pyridine rings is 1. The van der Waals surface area contributed by atoms with E-state index in [2.05, 4.69) is 17.3 Å². The zero-order chi connectivity index (χ0) is 13.5. The quantitative estimate of drug-likeness (QED) is 0.605. The number of amides is 1. The average molecular weight is 268 g/mol. The summed E-state index contributed by atoms with van der Waals surface area (Å²) < 4.78 is 0. The van der Waals surface area contributed by atoms with E-state index in [1.165, 1.54) is 0 Å². The molecule has 3 N–H and O–H groups in total. The smallest absolute Gasteiger partial charge is 0.254 e. The molecule has 1 heterocycles. The van der Waals surface area contributed by atoms with Crippen molar-refractivity contribution in [2.24, 2.45) is 5.84 Å². The van der Waals surface area contributed by atoms with Crippen molar-refractivity contribution in [1.82, 2.24) is 9.88 Å². The van der Waals surface area contributed by atoms with Crippen molar-refractivity contribution in [1.29, 1.82) is 0 Å². The van der Waals surface area contributed by atoms with Crippen molar-refractivity contribution in [3.63, 3.8) is 0 Å². The van der Waals surface area contributed by atoms with Crippen LogP contribution in [-0.4, -0.2) is 40.9 Å². The van der Waals surface area contributed by atoms with E-state index in [1.54, 1.807) is 35.0 Å². The van der Waals surface area contributed by atoms with Crippen LogP contribution in [-0.2, 0) is 0 Å². The molecule has 0 fully saturated rings. The number of hydrogen-bond acceptors (Lipinski definition) is 5. The highest BCUT2D eigenvalue weighted by atomic mass is 32.2. The lowest BCUT2D eigenvalue weighted by Gasteiger charge is -2.26. The monoisotopic (exact) mass is 268 g/mol. The second-order valence-corrected chi connectivity index (χ2v) is 4.92. The standard InChI is InChI=1S/C12H20N4OS/c1-4-10(8-18-3)16(2)12(17)9-5-6-14-11(7-9)15-13/h5-7,10H,4,8,13H2,1-3H3,(H,14,15). The van der Waals surface area contributed by atoms with Gasteiger partial charge in [-0.3, -0.25) is 4.79 Å². The first-order valence-corrected chi connectivity index (χ1v) is 7.22. The van der Waals surface area contributed by atoms with E-state index in [-0.39, 0.29) is 11.9 Å². The summed E-state index contributed by atoms with van der Waals surface area (Å²) in [4.78, 5) is 18.1. The Morgan fingerprint density at radius 1 is 1.67 bits per heavy atom. The molecule has 1 rings (SSSR count). The summed E-state index contributed by atoms with van der Waals surface area (Å²) in [6.45, 7) is 2.09. The van der Waals surface area contributed by atoms with Crippen LogP contribution >= 0.6 is 11.8 Å². The molecule has 6 heteroatoms. The molecule has 0 spiro atoms. The van der Waals surface area contributed by atoms with E-state index in [4.69, 9.17) is 5.84 Å². The lowest BCUT2D eigenvalue weighted by molar-refractivity contribution is 0.0743. The highest BCUT2D eigenvalue weighted by Crippen LogP contribution is 2.14. The Bertz CT molecular complexity index is 399. The van der Waals surface area contributed by atoms with Crippen LogP contribution in [0.15, 0.2) is 18.3 Å². The minimum absolute atomic E-state index is 0.00481. The van der Waals surface area contributed by atoms with E-state index in [0.29, 0.717) is 11.4 Å². The van der Waals surface area contributed by atoms with Gasteiger partial charge in [0.1, 0.15) is 5.82 Å². The minimum atomic E-state index is -0.00481. The van der Waals surface area contributed by atoms with Crippen molar-refractivity contribution in [2.75, 3.05) is 24.5 Å². The van der Waals surface area contributed by atoms with Gasteiger partial charge >= 0.3 is 0 Å². The number of nitrogens with two attached hydrogens (primary N) is 1. The maximum atomic E-state index is 12.3. The molecule has 5 nitrogen and oxygen atoms in total. The molecule has 1 aromatic rings. The first-order chi connectivity index (χ1) is 8.63. The van der Waals surface area contributed by atoms with Gasteiger partial charge in [0.05, 0.1) is 0 Å². The number of hydrazine groups is 1. The zero-order valence-corrected chi connectivity index (χ0v) is 11.8. The van der Waals surface area contributed by atoms with E-state index in [9.17, 15) is 4.79 Å². The number of rotatable bonds is 6. The van der Waals surface area contributed by atoms with Crippen LogP contribution in [0, 0.1) is 0 Å². The molecule has 1 amide bonds. The Morgan fingerprint density at radius 3 is 2.94 bits per heavy atom. The number of thioether (sulfide) groups is 1. The highest BCUT2D eigenvalue weighted by Gasteiger charge is 2.19. The number of hydrogen-bond donors (Lipinski definition) is 2. The number of anilines is 1. The molecule has 0 saturated heterocycles. The molecule has 0 aromatic carbocycles. The third-order valence-corrected chi connectivity index (χ3v) is 3.57. The number of carbonyl (C=O) groups excluding carboxylic acids is 1. The van der Waals surface area contributed by atoms with Gasteiger partial charge in [-0.2, -0.15) is 11.8 Å². The van der Waals surface area contributed by atoms with Gasteiger partial charge in [0.25, 0.3) is 5.91 Å². The molecule has 1 unspecified atom stereocenters. The van der Waals surface area contributed by atoms with Crippen molar-refractivity contribution in [3.8, 4) is 0 Å². The summed E-state index contributed by atoms with van der Waals surface area (Å²) in [6, 6.07) is 3.60. The molecule has 100 valence electrons. The summed E-state index contributed by atoms with van der Waals surface area (Å²) in [5.41, 5.74) is 3.04. The Kier molecular flexibility index (Phi) is 5.94. The van der Waals surface area contributed by atoms with Gasteiger partial charge in [-0.1, -0.05) is 6.92 Å². The van der Waals surface area contributed by atoms with Gasteiger partial charge in [-0.05, 0) is 24.8 Å². The third-order valence-electron chi connectivity index (χ3n) is 2.85. The molecule has 0 aliphatic rings. The average Bonchev–Trinajstić information content (AvgIpc) is 2.43. The summed E-state index contributed by atoms with van der Waals surface area (Å²) in [6.07, 6.45) is 4.56. The Morgan fingerprint density at radius 2 is 2.39 bits per heavy atom. The van der Waals surface area contributed by atoms with E-state index in [0.717, 1.165) is 12.2 Å². The van der Waals surface area contributed by atoms with Crippen molar-refractivity contribution >= 4 is 23.5 Å². The van der Waals surface area contributed by atoms with Crippen molar-refractivity contribution in [2.45, 2.75) is 19.4 Å². The minimum Gasteiger partial charge on any atom is -0.338 e. The maximum Gasteiger partial charge on any atom is 0.254 e. The predicted octanol–water partition coefficient (Wildman–Crippen LogP) is 1.58. The van der Waals surface area contributed by atoms with Gasteiger partial charge in [-0.25, -0.2) is 10.8 Å². The Balaban J connectivity index is 2.84. The number of nitrogens with one attached hydrogen (secondary N) is 1. The first kappa shape index (κ1) is 14.8. The normalized spacial score (nSPS) is 12.0. The SMILES string of the molecule is CCC(CSC)N(C)C(=O)c1ccnc(NN)c1. The summed E-state index contributed by atoms with van der Waals surface area (Å²) in [5, 5.41) is 0. The second kappa shape index (κ2) is 7.23. The first-order valence-electron chi connectivity index (χ1n) is 5.82. The van der Waals surface area contributed by atoms with Gasteiger partial charge in [0.15, 0.2) is 0 Å². The largest absolute Gasteiger partial charge is 0.338 e. The molecular formula is C12H20N4OS. The third kappa shape index (κ3) is 3.61. The Labute approximate surface area is 112 Å². The second-order valence-electron chi connectivity index (χ2n) is 4.01. The summed E-state index contributed by atoms with van der Waals surface area (Å²) in [5.74, 6) is 6.71. The molecular weight excluding hydrogens is 248 g/mol. The van der Waals surface area contributed by atoms with Gasteiger partial charge in [0.2, 0.25) is 0 Å². The maximum absolute atomic E-state index is 12.3. The van der Waals surface area contributed by atoms with Crippen LogP contribution in [0.4, 0.5) is 5.82 Å². The molecule has 0 aliphatic carbocycles. The number of nitrogen functional groups attached to an aromatic ring is 1. The van der Waals surface area contributed by atoms with Crippen LogP contribution in [0.2, 0.25) is 0 Å². The van der Waals surface area contributed by atoms with Crippen LogP contribution in [0.5, 0.6) is 0 Å². The van der Waals surface area contributed by atoms with Crippen LogP contribution in [0.25, 0.3) is 0 Å². The van der Waals surface area contributed by atoms with Crippen molar-refractivity contribution in [3.05, 3.63) is 23.9 Å². The topological polar surface area (TPSA) is 71.2 Å². The van der Waals surface area contributed by atoms with Crippen molar-refractivity contribution < 1.29 is 4.79 Å². The van der Waals surface area contributed by atoms with Crippen LogP contribution in [0.1, 0.15) is 23.7 Å². The van der Waals surface area contributed by atoms with Crippen LogP contribution in [0.3, 0.4) is 0 Å². The van der Waals surface area contributed by atoms with Gasteiger partial charge < -0.3 is 10.3 Å². The molecule has 0 saturated carbocycles. The van der Waals surface area contributed by atoms with E-state index in [1.807, 2.05) is 13.3 Å². The molecule has 0 radical (unpaired) electrons. The number of nitrogens with zero attached hydrogens (tertiary/aromatic N) is 2. The fourth-order valence-corrected chi connectivity index (χ4v) is 2.55. The lowest BCUT2D eigenvalue weighted by Crippen LogP contribution is -2.38. The fraction of sp³-hybridized carbons (Fsp3) is 0.500. The summed E-state index contributed by atoms with van der Waals surface area (Å²) >= 11 is 1.74. The molecule has 18 heavy (non-hydrogen) atoms. The molecule has 0 aliphatic heterocycles. The highest BCUT2D eigenvalue weighted by molar-refractivity contribution is 7.98. The fourth-order valence-electron chi connectivity index (χ4n) is 1.71. The summed E-state index contributed by atoms with van der Waals surface area (Å²) in [7, 11) is 1.84. The predicted molar refractivity (Wildman–Crippen MR) is 76.6 cm³/mol. The molecule has 1 atom stereocenters. The Hall–Kier alpha value is -1.27. The zero-order valence-electron chi connectivity index (χ0n) is 11.0. The van der Waals surface area contributed by atoms with Gasteiger partial charge in [-0.15, -0.1) is 0 Å². The lowest BCUT2D eigenvalue weighted by atomic mass is 10.1. The number of aromatic nitrogens is 1. The van der Waals surface area contributed by atoms with Crippen LogP contribution < -0.4 is 11.3 Å². The van der Waals surface area contributed by atoms with E-state index >= 15 is 0 Å². The molecule has 0 bridgehead atoms. The molecule has 1 aromatic heterocycles. The number of carbonyl (C=O) groups is 1. The van der Waals surface area contributed by atoms with E-state index < -0.39 is 0 Å².